The number of rotatable bonds is 8. The number of benzene rings is 2. The quantitative estimate of drug-likeness (QED) is 0.461. The van der Waals surface area contributed by atoms with Gasteiger partial charge in [-0.3, -0.25) is 10.1 Å². The van der Waals surface area contributed by atoms with E-state index in [1.807, 2.05) is 60.7 Å². The van der Waals surface area contributed by atoms with E-state index >= 15 is 0 Å². The molecule has 8 heteroatoms. The third-order valence-electron chi connectivity index (χ3n) is 3.46. The summed E-state index contributed by atoms with van der Waals surface area (Å²) < 4.78 is 10.5. The number of carbonyl (C=O) groups excluding carboxylic acids is 1. The molecule has 0 spiro atoms. The minimum absolute atomic E-state index is 0.272. The van der Waals surface area contributed by atoms with Gasteiger partial charge in [0.1, 0.15) is 6.04 Å². The topological polar surface area (TPSA) is 122 Å². The second-order valence-corrected chi connectivity index (χ2v) is 5.55. The lowest BCUT2D eigenvalue weighted by Gasteiger charge is -2.16. The molecule has 0 aliphatic heterocycles. The van der Waals surface area contributed by atoms with E-state index in [2.05, 4.69) is 5.32 Å². The lowest BCUT2D eigenvalue weighted by atomic mass is 10.2. The molecule has 0 aliphatic carbocycles. The number of methoxy groups -OCH3 is 1. The van der Waals surface area contributed by atoms with Gasteiger partial charge in [0.15, 0.2) is 0 Å². The number of esters is 1. The van der Waals surface area contributed by atoms with Crippen molar-refractivity contribution >= 4 is 17.9 Å². The average molecular weight is 389 g/mol. The standard InChI is InChI=1S/C18H21NO3.C2H2O4/c1-21-18(20)17(19-12-15-8-4-2-5-9-15)14-22-13-16-10-6-3-7-11-16;3-1(4)2(5)6/h2-11,17,19H,12-14H2,1H3;(H,3,4)(H,5,6). The summed E-state index contributed by atoms with van der Waals surface area (Å²) >= 11 is 0. The van der Waals surface area contributed by atoms with Crippen molar-refractivity contribution in [2.45, 2.75) is 19.2 Å². The molecule has 0 amide bonds. The van der Waals surface area contributed by atoms with Crippen molar-refractivity contribution < 1.29 is 34.1 Å². The van der Waals surface area contributed by atoms with Crippen LogP contribution in [0.4, 0.5) is 0 Å². The summed E-state index contributed by atoms with van der Waals surface area (Å²) in [6.45, 7) is 1.34. The average Bonchev–Trinajstić information content (AvgIpc) is 2.72. The van der Waals surface area contributed by atoms with Crippen LogP contribution in [0.1, 0.15) is 11.1 Å². The molecule has 1 atom stereocenters. The largest absolute Gasteiger partial charge is 0.473 e. The Labute approximate surface area is 162 Å². The van der Waals surface area contributed by atoms with Crippen LogP contribution in [0, 0.1) is 0 Å². The van der Waals surface area contributed by atoms with E-state index in [4.69, 9.17) is 29.3 Å². The van der Waals surface area contributed by atoms with Crippen molar-refractivity contribution in [3.8, 4) is 0 Å². The van der Waals surface area contributed by atoms with Gasteiger partial charge in [0.05, 0.1) is 20.3 Å². The smallest absolute Gasteiger partial charge is 0.414 e. The Hall–Kier alpha value is -3.23. The van der Waals surface area contributed by atoms with Gasteiger partial charge in [-0.05, 0) is 11.1 Å². The summed E-state index contributed by atoms with van der Waals surface area (Å²) in [5.74, 6) is -3.96. The van der Waals surface area contributed by atoms with Crippen molar-refractivity contribution in [1.82, 2.24) is 5.32 Å². The molecule has 28 heavy (non-hydrogen) atoms. The second kappa shape index (κ2) is 13.0. The highest BCUT2D eigenvalue weighted by Gasteiger charge is 2.18. The number of carbonyl (C=O) groups is 3. The maximum atomic E-state index is 11.8. The van der Waals surface area contributed by atoms with E-state index in [1.54, 1.807) is 0 Å². The van der Waals surface area contributed by atoms with Gasteiger partial charge in [-0.15, -0.1) is 0 Å². The van der Waals surface area contributed by atoms with Gasteiger partial charge < -0.3 is 19.7 Å². The van der Waals surface area contributed by atoms with Gasteiger partial charge >= 0.3 is 17.9 Å². The van der Waals surface area contributed by atoms with Crippen molar-refractivity contribution in [3.63, 3.8) is 0 Å². The van der Waals surface area contributed by atoms with Crippen LogP contribution in [0.5, 0.6) is 0 Å². The molecular formula is C20H23NO7. The molecule has 2 aromatic rings. The molecule has 0 saturated heterocycles. The van der Waals surface area contributed by atoms with Crippen molar-refractivity contribution in [1.29, 1.82) is 0 Å². The maximum Gasteiger partial charge on any atom is 0.414 e. The van der Waals surface area contributed by atoms with Gasteiger partial charge in [0, 0.05) is 6.54 Å². The van der Waals surface area contributed by atoms with E-state index < -0.39 is 18.0 Å². The number of hydrogen-bond acceptors (Lipinski definition) is 6. The van der Waals surface area contributed by atoms with Crippen LogP contribution in [0.2, 0.25) is 0 Å². The van der Waals surface area contributed by atoms with Gasteiger partial charge in [-0.2, -0.15) is 0 Å². The Morgan fingerprint density at radius 1 is 0.893 bits per heavy atom. The first-order valence-electron chi connectivity index (χ1n) is 8.37. The zero-order chi connectivity index (χ0) is 20.8. The predicted octanol–water partition coefficient (Wildman–Crippen LogP) is 1.69. The number of aliphatic carboxylic acids is 2. The zero-order valence-corrected chi connectivity index (χ0v) is 15.4. The molecule has 0 heterocycles. The van der Waals surface area contributed by atoms with Crippen LogP contribution < -0.4 is 5.32 Å². The third kappa shape index (κ3) is 9.46. The molecule has 0 bridgehead atoms. The Morgan fingerprint density at radius 3 is 1.86 bits per heavy atom. The number of carboxylic acids is 2. The van der Waals surface area contributed by atoms with Crippen LogP contribution in [0.25, 0.3) is 0 Å². The highest BCUT2D eigenvalue weighted by molar-refractivity contribution is 6.27. The fourth-order valence-corrected chi connectivity index (χ4v) is 2.06. The molecule has 0 aromatic heterocycles. The van der Waals surface area contributed by atoms with E-state index in [9.17, 15) is 4.79 Å². The molecule has 3 N–H and O–H groups in total. The molecule has 2 aromatic carbocycles. The first kappa shape index (κ1) is 22.8. The molecule has 0 fully saturated rings. The van der Waals surface area contributed by atoms with E-state index in [1.165, 1.54) is 7.11 Å². The van der Waals surface area contributed by atoms with Crippen LogP contribution in [0.15, 0.2) is 60.7 Å². The molecular weight excluding hydrogens is 366 g/mol. The summed E-state index contributed by atoms with van der Waals surface area (Å²) in [6.07, 6.45) is 0. The van der Waals surface area contributed by atoms with E-state index in [0.29, 0.717) is 13.2 Å². The Kier molecular flexibility index (Phi) is 10.6. The summed E-state index contributed by atoms with van der Waals surface area (Å²) in [6, 6.07) is 19.3. The lowest BCUT2D eigenvalue weighted by Crippen LogP contribution is -2.41. The van der Waals surface area contributed by atoms with Gasteiger partial charge in [-0.25, -0.2) is 9.59 Å². The SMILES string of the molecule is COC(=O)C(COCc1ccccc1)NCc1ccccc1.O=C(O)C(=O)O. The van der Waals surface area contributed by atoms with Gasteiger partial charge in [0.2, 0.25) is 0 Å². The van der Waals surface area contributed by atoms with E-state index in [0.717, 1.165) is 11.1 Å². The van der Waals surface area contributed by atoms with Gasteiger partial charge in [-0.1, -0.05) is 60.7 Å². The fourth-order valence-electron chi connectivity index (χ4n) is 2.06. The van der Waals surface area contributed by atoms with Crippen molar-refractivity contribution in [2.75, 3.05) is 13.7 Å². The molecule has 0 radical (unpaired) electrons. The molecule has 0 aliphatic rings. The predicted molar refractivity (Wildman–Crippen MR) is 100 cm³/mol. The first-order chi connectivity index (χ1) is 13.4. The molecule has 0 saturated carbocycles. The third-order valence-corrected chi connectivity index (χ3v) is 3.46. The Balaban J connectivity index is 0.000000568. The number of hydrogen-bond donors (Lipinski definition) is 3. The molecule has 2 rings (SSSR count). The number of ether oxygens (including phenoxy) is 2. The Morgan fingerprint density at radius 2 is 1.39 bits per heavy atom. The molecule has 1 unspecified atom stereocenters. The summed E-state index contributed by atoms with van der Waals surface area (Å²) in [5, 5.41) is 18.0. The minimum Gasteiger partial charge on any atom is -0.473 e. The minimum atomic E-state index is -1.82. The Bertz CT molecular complexity index is 723. The molecule has 8 nitrogen and oxygen atoms in total. The van der Waals surface area contributed by atoms with Crippen LogP contribution in [0.3, 0.4) is 0 Å². The van der Waals surface area contributed by atoms with E-state index in [-0.39, 0.29) is 12.6 Å². The fraction of sp³-hybridized carbons (Fsp3) is 0.250. The zero-order valence-electron chi connectivity index (χ0n) is 15.4. The van der Waals surface area contributed by atoms with Gasteiger partial charge in [0.25, 0.3) is 0 Å². The van der Waals surface area contributed by atoms with Crippen LogP contribution in [-0.4, -0.2) is 47.9 Å². The second-order valence-electron chi connectivity index (χ2n) is 5.55. The normalized spacial score (nSPS) is 10.9. The lowest BCUT2D eigenvalue weighted by molar-refractivity contribution is -0.159. The number of nitrogens with one attached hydrogen (secondary N) is 1. The number of carboxylic acid groups (broad SMARTS) is 2. The van der Waals surface area contributed by atoms with Crippen molar-refractivity contribution in [2.24, 2.45) is 0 Å². The highest BCUT2D eigenvalue weighted by atomic mass is 16.5. The summed E-state index contributed by atoms with van der Waals surface area (Å²) in [5.41, 5.74) is 2.19. The van der Waals surface area contributed by atoms with Crippen molar-refractivity contribution in [3.05, 3.63) is 71.8 Å². The monoisotopic (exact) mass is 389 g/mol. The van der Waals surface area contributed by atoms with Crippen LogP contribution >= 0.6 is 0 Å². The maximum absolute atomic E-state index is 11.8. The summed E-state index contributed by atoms with van der Waals surface area (Å²) in [7, 11) is 1.39. The highest BCUT2D eigenvalue weighted by Crippen LogP contribution is 2.03. The first-order valence-corrected chi connectivity index (χ1v) is 8.37. The van der Waals surface area contributed by atoms with Crippen LogP contribution in [-0.2, 0) is 37.0 Å². The summed E-state index contributed by atoms with van der Waals surface area (Å²) in [4.78, 5) is 30.0. The molecule has 150 valence electrons.